The maximum atomic E-state index is 5.22. The molecular weight excluding hydrogens is 200 g/mol. The lowest BCUT2D eigenvalue weighted by molar-refractivity contribution is -0.256. The smallest absolute Gasteiger partial charge is 0.181 e. The number of rotatable bonds is 3. The van der Waals surface area contributed by atoms with E-state index in [1.807, 2.05) is 48.5 Å². The molecule has 0 amide bonds. The first-order valence-corrected chi connectivity index (χ1v) is 5.11. The minimum absolute atomic E-state index is 0.793. The van der Waals surface area contributed by atoms with Crippen molar-refractivity contribution < 1.29 is 10.5 Å². The number of benzene rings is 2. The van der Waals surface area contributed by atoms with Gasteiger partial charge in [0.05, 0.1) is 7.11 Å². The quantitative estimate of drug-likeness (QED) is 0.825. The Morgan fingerprint density at radius 1 is 1.00 bits per heavy atom. The predicted octanol–water partition coefficient (Wildman–Crippen LogP) is 2.31. The highest BCUT2D eigenvalue weighted by atomic mass is 16.5. The summed E-state index contributed by atoms with van der Waals surface area (Å²) in [5.41, 5.74) is 6.83. The monoisotopic (exact) mass is 215 g/mol. The Bertz CT molecular complexity index is 469. The highest BCUT2D eigenvalue weighted by Gasteiger charge is 2.03. The van der Waals surface area contributed by atoms with Crippen LogP contribution in [0.15, 0.2) is 48.5 Å². The Kier molecular flexibility index (Phi) is 3.08. The summed E-state index contributed by atoms with van der Waals surface area (Å²) in [5, 5.41) is 3.30. The third-order valence-electron chi connectivity index (χ3n) is 2.35. The summed E-state index contributed by atoms with van der Waals surface area (Å²) in [5.74, 6) is 0.793. The molecule has 2 rings (SSSR count). The van der Waals surface area contributed by atoms with Crippen LogP contribution in [0.2, 0.25) is 0 Å². The largest absolute Gasteiger partial charge is 0.491 e. The van der Waals surface area contributed by atoms with Crippen LogP contribution in [0.3, 0.4) is 0 Å². The van der Waals surface area contributed by atoms with Gasteiger partial charge in [0.1, 0.15) is 0 Å². The Morgan fingerprint density at radius 2 is 1.75 bits per heavy atom. The first-order chi connectivity index (χ1) is 7.79. The first-order valence-electron chi connectivity index (χ1n) is 5.11. The summed E-state index contributed by atoms with van der Waals surface area (Å²) < 4.78 is 5.22. The molecule has 16 heavy (non-hydrogen) atoms. The molecule has 0 bridgehead atoms. The summed E-state index contributed by atoms with van der Waals surface area (Å²) >= 11 is 0. The Labute approximate surface area is 94.9 Å². The molecule has 0 aromatic heterocycles. The molecule has 0 aliphatic heterocycles. The van der Waals surface area contributed by atoms with E-state index in [2.05, 4.69) is 11.1 Å². The second-order valence-electron chi connectivity index (χ2n) is 3.52. The van der Waals surface area contributed by atoms with E-state index in [0.717, 1.165) is 22.8 Å². The van der Waals surface area contributed by atoms with Crippen LogP contribution in [0.5, 0.6) is 5.75 Å². The fourth-order valence-corrected chi connectivity index (χ4v) is 1.51. The summed E-state index contributed by atoms with van der Waals surface area (Å²) in [6.07, 6.45) is 0. The van der Waals surface area contributed by atoms with Gasteiger partial charge in [-0.15, -0.1) is 0 Å². The van der Waals surface area contributed by atoms with Gasteiger partial charge in [-0.3, -0.25) is 0 Å². The molecular formula is C13H15N2O+. The second kappa shape index (κ2) is 4.68. The lowest BCUT2D eigenvalue weighted by atomic mass is 10.2. The number of hydrogen-bond acceptors (Lipinski definition) is 2. The lowest BCUT2D eigenvalue weighted by Crippen LogP contribution is -2.40. The van der Waals surface area contributed by atoms with E-state index in [0.29, 0.717) is 0 Å². The third kappa shape index (κ3) is 2.32. The van der Waals surface area contributed by atoms with Gasteiger partial charge in [0.25, 0.3) is 0 Å². The molecule has 3 heteroatoms. The molecule has 0 unspecified atom stereocenters. The van der Waals surface area contributed by atoms with E-state index in [9.17, 15) is 0 Å². The molecule has 0 saturated carbocycles. The Morgan fingerprint density at radius 3 is 2.44 bits per heavy atom. The molecule has 0 aliphatic carbocycles. The van der Waals surface area contributed by atoms with Crippen LogP contribution in [-0.2, 0) is 0 Å². The van der Waals surface area contributed by atoms with Crippen molar-refractivity contribution in [1.82, 2.24) is 0 Å². The zero-order valence-electron chi connectivity index (χ0n) is 9.23. The van der Waals surface area contributed by atoms with Crippen LogP contribution in [0, 0.1) is 0 Å². The van der Waals surface area contributed by atoms with E-state index < -0.39 is 0 Å². The van der Waals surface area contributed by atoms with Gasteiger partial charge in [0.2, 0.25) is 0 Å². The highest BCUT2D eigenvalue weighted by Crippen LogP contribution is 2.25. The van der Waals surface area contributed by atoms with Gasteiger partial charge in [-0.25, -0.2) is 0 Å². The van der Waals surface area contributed by atoms with Crippen LogP contribution in [-0.4, -0.2) is 7.11 Å². The Hall–Kier alpha value is -2.00. The van der Waals surface area contributed by atoms with Crippen LogP contribution >= 0.6 is 0 Å². The van der Waals surface area contributed by atoms with E-state index in [1.54, 1.807) is 7.11 Å². The standard InChI is InChI=1S/C13H14N2O/c1-16-13-9-11(7-8-12(13)14)15-10-5-3-2-4-6-10/h2-9,15H,14H2,1H3/p+1. The molecule has 4 N–H and O–H groups in total. The molecule has 3 nitrogen and oxygen atoms in total. The van der Waals surface area contributed by atoms with Crippen molar-refractivity contribution >= 4 is 17.1 Å². The molecule has 0 heterocycles. The van der Waals surface area contributed by atoms with Crippen molar-refractivity contribution in [3.63, 3.8) is 0 Å². The van der Waals surface area contributed by atoms with Crippen LogP contribution < -0.4 is 15.8 Å². The Balaban J connectivity index is 2.22. The van der Waals surface area contributed by atoms with E-state index in [-0.39, 0.29) is 0 Å². The number of hydrogen-bond donors (Lipinski definition) is 2. The summed E-state index contributed by atoms with van der Waals surface area (Å²) in [7, 11) is 1.65. The van der Waals surface area contributed by atoms with Gasteiger partial charge in [-0.1, -0.05) is 18.2 Å². The third-order valence-corrected chi connectivity index (χ3v) is 2.35. The highest BCUT2D eigenvalue weighted by molar-refractivity contribution is 5.64. The van der Waals surface area contributed by atoms with Crippen molar-refractivity contribution in [1.29, 1.82) is 0 Å². The fourth-order valence-electron chi connectivity index (χ4n) is 1.51. The van der Waals surface area contributed by atoms with Gasteiger partial charge in [-0.05, 0) is 18.2 Å². The lowest BCUT2D eigenvalue weighted by Gasteiger charge is -2.08. The molecule has 82 valence electrons. The maximum absolute atomic E-state index is 5.22. The molecule has 2 aromatic rings. The van der Waals surface area contributed by atoms with Gasteiger partial charge in [0.15, 0.2) is 11.4 Å². The number of ether oxygens (including phenoxy) is 1. The summed E-state index contributed by atoms with van der Waals surface area (Å²) in [6.45, 7) is 0. The topological polar surface area (TPSA) is 48.9 Å². The molecule has 0 spiro atoms. The zero-order valence-corrected chi connectivity index (χ0v) is 9.23. The number of nitrogens with one attached hydrogen (secondary N) is 1. The molecule has 0 radical (unpaired) electrons. The number of anilines is 2. The molecule has 0 atom stereocenters. The molecule has 0 aliphatic rings. The van der Waals surface area contributed by atoms with E-state index >= 15 is 0 Å². The second-order valence-corrected chi connectivity index (χ2v) is 3.52. The minimum atomic E-state index is 0.793. The number of quaternary nitrogens is 1. The van der Waals surface area contributed by atoms with Crippen LogP contribution in [0.1, 0.15) is 0 Å². The van der Waals surface area contributed by atoms with E-state index in [4.69, 9.17) is 4.74 Å². The molecule has 2 aromatic carbocycles. The fraction of sp³-hybridized carbons (Fsp3) is 0.0769. The normalized spacial score (nSPS) is 9.88. The van der Waals surface area contributed by atoms with Crippen molar-refractivity contribution in [3.8, 4) is 5.75 Å². The van der Waals surface area contributed by atoms with E-state index in [1.165, 1.54) is 0 Å². The average Bonchev–Trinajstić information content (AvgIpc) is 2.33. The van der Waals surface area contributed by atoms with Crippen molar-refractivity contribution in [2.75, 3.05) is 12.4 Å². The number of methoxy groups -OCH3 is 1. The van der Waals surface area contributed by atoms with Gasteiger partial charge in [-0.2, -0.15) is 0 Å². The van der Waals surface area contributed by atoms with Crippen LogP contribution in [0.4, 0.5) is 17.1 Å². The number of para-hydroxylation sites is 1. The van der Waals surface area contributed by atoms with Crippen LogP contribution in [0.25, 0.3) is 0 Å². The summed E-state index contributed by atoms with van der Waals surface area (Å²) in [4.78, 5) is 0. The zero-order chi connectivity index (χ0) is 11.4. The average molecular weight is 215 g/mol. The summed E-state index contributed by atoms with van der Waals surface area (Å²) in [6, 6.07) is 15.9. The van der Waals surface area contributed by atoms with Gasteiger partial charge in [0, 0.05) is 23.5 Å². The van der Waals surface area contributed by atoms with Gasteiger partial charge >= 0.3 is 0 Å². The van der Waals surface area contributed by atoms with Crippen molar-refractivity contribution in [2.45, 2.75) is 0 Å². The van der Waals surface area contributed by atoms with Crippen molar-refractivity contribution in [2.24, 2.45) is 0 Å². The van der Waals surface area contributed by atoms with Gasteiger partial charge < -0.3 is 15.8 Å². The predicted molar refractivity (Wildman–Crippen MR) is 65.3 cm³/mol. The first kappa shape index (κ1) is 10.5. The van der Waals surface area contributed by atoms with Crippen molar-refractivity contribution in [3.05, 3.63) is 48.5 Å². The molecule has 0 saturated heterocycles. The minimum Gasteiger partial charge on any atom is -0.491 e. The SMILES string of the molecule is COc1cc(Nc2ccccc2)ccc1[NH3+]. The maximum Gasteiger partial charge on any atom is 0.181 e. The molecule has 0 fully saturated rings.